The minimum absolute atomic E-state index is 0.0909. The van der Waals surface area contributed by atoms with Gasteiger partial charge in [0.1, 0.15) is 18.5 Å². The predicted octanol–water partition coefficient (Wildman–Crippen LogP) is 0.962. The smallest absolute Gasteiger partial charge is 0.224 e. The topological polar surface area (TPSA) is 110 Å². The first kappa shape index (κ1) is 18.6. The SMILES string of the molecule is CN(C)c1nc(NCC2COc3ccccc3O2)ncc1/C=N/NC(N)=S. The maximum Gasteiger partial charge on any atom is 0.224 e. The second-order valence-corrected chi connectivity index (χ2v) is 6.42. The van der Waals surface area contributed by atoms with Gasteiger partial charge in [0.25, 0.3) is 0 Å². The van der Waals surface area contributed by atoms with Gasteiger partial charge in [-0.25, -0.2) is 4.98 Å². The molecule has 1 atom stereocenters. The van der Waals surface area contributed by atoms with E-state index in [0.29, 0.717) is 24.9 Å². The van der Waals surface area contributed by atoms with E-state index in [2.05, 4.69) is 25.8 Å². The van der Waals surface area contributed by atoms with Crippen molar-refractivity contribution < 1.29 is 9.47 Å². The van der Waals surface area contributed by atoms with Crippen molar-refractivity contribution in [1.29, 1.82) is 0 Å². The molecule has 142 valence electrons. The summed E-state index contributed by atoms with van der Waals surface area (Å²) in [5.41, 5.74) is 8.58. The van der Waals surface area contributed by atoms with E-state index in [1.807, 2.05) is 43.3 Å². The quantitative estimate of drug-likeness (QED) is 0.379. The van der Waals surface area contributed by atoms with Crippen LogP contribution in [0.5, 0.6) is 11.5 Å². The van der Waals surface area contributed by atoms with Crippen molar-refractivity contribution in [3.63, 3.8) is 0 Å². The fourth-order valence-electron chi connectivity index (χ4n) is 2.45. The summed E-state index contributed by atoms with van der Waals surface area (Å²) >= 11 is 4.72. The number of thiocarbonyl (C=S) groups is 1. The first-order valence-electron chi connectivity index (χ1n) is 8.28. The van der Waals surface area contributed by atoms with Gasteiger partial charge in [0.05, 0.1) is 18.3 Å². The molecule has 1 aliphatic rings. The molecule has 0 fully saturated rings. The van der Waals surface area contributed by atoms with Crippen LogP contribution in [0.2, 0.25) is 0 Å². The number of aromatic nitrogens is 2. The van der Waals surface area contributed by atoms with Crippen molar-refractivity contribution in [3.05, 3.63) is 36.0 Å². The highest BCUT2D eigenvalue weighted by molar-refractivity contribution is 7.80. The van der Waals surface area contributed by atoms with Crippen LogP contribution in [0, 0.1) is 0 Å². The molecule has 2 aromatic rings. The molecule has 0 radical (unpaired) electrons. The van der Waals surface area contributed by atoms with Gasteiger partial charge >= 0.3 is 0 Å². The van der Waals surface area contributed by atoms with E-state index in [0.717, 1.165) is 17.1 Å². The molecular formula is C17H21N7O2S. The van der Waals surface area contributed by atoms with Crippen molar-refractivity contribution in [2.24, 2.45) is 10.8 Å². The number of nitrogens with one attached hydrogen (secondary N) is 2. The number of hydrogen-bond donors (Lipinski definition) is 3. The summed E-state index contributed by atoms with van der Waals surface area (Å²) < 4.78 is 11.6. The lowest BCUT2D eigenvalue weighted by Crippen LogP contribution is -2.35. The van der Waals surface area contributed by atoms with Crippen molar-refractivity contribution in [2.45, 2.75) is 6.10 Å². The molecule has 0 spiro atoms. The predicted molar refractivity (Wildman–Crippen MR) is 109 cm³/mol. The largest absolute Gasteiger partial charge is 0.486 e. The van der Waals surface area contributed by atoms with Gasteiger partial charge in [-0.1, -0.05) is 12.1 Å². The Labute approximate surface area is 162 Å². The Hall–Kier alpha value is -3.14. The summed E-state index contributed by atoms with van der Waals surface area (Å²) in [6, 6.07) is 7.60. The number of ether oxygens (including phenoxy) is 2. The van der Waals surface area contributed by atoms with Crippen LogP contribution in [0.4, 0.5) is 11.8 Å². The van der Waals surface area contributed by atoms with Crippen LogP contribution in [-0.2, 0) is 0 Å². The molecular weight excluding hydrogens is 366 g/mol. The van der Waals surface area contributed by atoms with Crippen LogP contribution >= 0.6 is 12.2 Å². The third-order valence-corrected chi connectivity index (χ3v) is 3.74. The Morgan fingerprint density at radius 3 is 2.93 bits per heavy atom. The van der Waals surface area contributed by atoms with Gasteiger partial charge in [0.15, 0.2) is 16.6 Å². The number of anilines is 2. The molecule has 27 heavy (non-hydrogen) atoms. The molecule has 1 unspecified atom stereocenters. The highest BCUT2D eigenvalue weighted by Crippen LogP contribution is 2.30. The monoisotopic (exact) mass is 387 g/mol. The Morgan fingerprint density at radius 1 is 1.41 bits per heavy atom. The van der Waals surface area contributed by atoms with E-state index in [1.165, 1.54) is 0 Å². The zero-order valence-corrected chi connectivity index (χ0v) is 15.9. The second kappa shape index (κ2) is 8.49. The lowest BCUT2D eigenvalue weighted by Gasteiger charge is -2.26. The number of hydrogen-bond acceptors (Lipinski definition) is 8. The Bertz CT molecular complexity index is 844. The van der Waals surface area contributed by atoms with Crippen LogP contribution in [0.3, 0.4) is 0 Å². The van der Waals surface area contributed by atoms with Crippen LogP contribution in [0.1, 0.15) is 5.56 Å². The molecule has 9 nitrogen and oxygen atoms in total. The van der Waals surface area contributed by atoms with E-state index in [4.69, 9.17) is 27.4 Å². The lowest BCUT2D eigenvalue weighted by atomic mass is 10.2. The Kier molecular flexibility index (Phi) is 5.87. The zero-order valence-electron chi connectivity index (χ0n) is 15.0. The maximum absolute atomic E-state index is 5.92. The number of nitrogens with two attached hydrogens (primary N) is 1. The second-order valence-electron chi connectivity index (χ2n) is 5.98. The molecule has 0 saturated carbocycles. The fourth-order valence-corrected chi connectivity index (χ4v) is 2.50. The highest BCUT2D eigenvalue weighted by atomic mass is 32.1. The molecule has 0 bridgehead atoms. The van der Waals surface area contributed by atoms with Gasteiger partial charge in [0.2, 0.25) is 5.95 Å². The molecule has 10 heteroatoms. The first-order valence-corrected chi connectivity index (χ1v) is 8.69. The van der Waals surface area contributed by atoms with E-state index >= 15 is 0 Å². The number of nitrogens with zero attached hydrogens (tertiary/aromatic N) is 4. The van der Waals surface area contributed by atoms with Crippen molar-refractivity contribution in [1.82, 2.24) is 15.4 Å². The highest BCUT2D eigenvalue weighted by Gasteiger charge is 2.20. The van der Waals surface area contributed by atoms with Crippen molar-refractivity contribution in [3.8, 4) is 11.5 Å². The van der Waals surface area contributed by atoms with Gasteiger partial charge in [-0.05, 0) is 24.4 Å². The molecule has 4 N–H and O–H groups in total. The molecule has 1 aromatic carbocycles. The summed E-state index contributed by atoms with van der Waals surface area (Å²) in [7, 11) is 3.78. The zero-order chi connectivity index (χ0) is 19.2. The molecule has 0 aliphatic carbocycles. The average molecular weight is 387 g/mol. The summed E-state index contributed by atoms with van der Waals surface area (Å²) in [6.45, 7) is 0.970. The Morgan fingerprint density at radius 2 is 2.19 bits per heavy atom. The van der Waals surface area contributed by atoms with Crippen LogP contribution < -0.4 is 30.8 Å². The number of fused-ring (bicyclic) bond motifs is 1. The van der Waals surface area contributed by atoms with Crippen LogP contribution in [0.15, 0.2) is 35.6 Å². The lowest BCUT2D eigenvalue weighted by molar-refractivity contribution is 0.0996. The Balaban J connectivity index is 1.64. The fraction of sp³-hybridized carbons (Fsp3) is 0.294. The maximum atomic E-state index is 5.92. The van der Waals surface area contributed by atoms with Crippen LogP contribution in [0.25, 0.3) is 0 Å². The third kappa shape index (κ3) is 4.94. The standard InChI is InChI=1S/C17H21N7O2S/c1-24(2)15-11(8-21-23-16(18)27)7-19-17(22-15)20-9-12-10-25-13-5-3-4-6-14(13)26-12/h3-8,12H,9-10H2,1-2H3,(H3,18,23,27)(H,19,20,22)/b21-8+. The molecule has 2 heterocycles. The summed E-state index contributed by atoms with van der Waals surface area (Å²) in [6.07, 6.45) is 3.10. The van der Waals surface area contributed by atoms with Gasteiger partial charge in [-0.3, -0.25) is 5.43 Å². The van der Waals surface area contributed by atoms with Crippen molar-refractivity contribution >= 4 is 35.3 Å². The average Bonchev–Trinajstić information content (AvgIpc) is 2.66. The first-order chi connectivity index (χ1) is 13.0. The summed E-state index contributed by atoms with van der Waals surface area (Å²) in [5.74, 6) is 2.68. The normalized spacial score (nSPS) is 15.4. The van der Waals surface area contributed by atoms with Crippen LogP contribution in [-0.4, -0.2) is 54.6 Å². The summed E-state index contributed by atoms with van der Waals surface area (Å²) in [5, 5.41) is 7.23. The van der Waals surface area contributed by atoms with Gasteiger partial charge < -0.3 is 25.4 Å². The van der Waals surface area contributed by atoms with E-state index in [-0.39, 0.29) is 11.2 Å². The molecule has 1 aliphatic heterocycles. The molecule has 3 rings (SSSR count). The minimum atomic E-state index is -0.137. The number of rotatable bonds is 6. The molecule has 1 aromatic heterocycles. The summed E-state index contributed by atoms with van der Waals surface area (Å²) in [4.78, 5) is 10.7. The molecule has 0 amide bonds. The third-order valence-electron chi connectivity index (χ3n) is 3.65. The van der Waals surface area contributed by atoms with Gasteiger partial charge in [0, 0.05) is 20.3 Å². The number of hydrazone groups is 1. The van der Waals surface area contributed by atoms with Gasteiger partial charge in [-0.2, -0.15) is 10.1 Å². The van der Waals surface area contributed by atoms with E-state index in [9.17, 15) is 0 Å². The number of para-hydroxylation sites is 2. The van der Waals surface area contributed by atoms with Crippen molar-refractivity contribution in [2.75, 3.05) is 37.5 Å². The van der Waals surface area contributed by atoms with Gasteiger partial charge in [-0.15, -0.1) is 0 Å². The van der Waals surface area contributed by atoms with E-state index in [1.54, 1.807) is 12.4 Å². The number of benzene rings is 1. The minimum Gasteiger partial charge on any atom is -0.486 e. The molecule has 0 saturated heterocycles. The van der Waals surface area contributed by atoms with E-state index < -0.39 is 0 Å².